The topological polar surface area (TPSA) is 76.1 Å². The second-order valence-corrected chi connectivity index (χ2v) is 5.99. The fourth-order valence-electron chi connectivity index (χ4n) is 2.72. The average molecular weight is 346 g/mol. The predicted octanol–water partition coefficient (Wildman–Crippen LogP) is 4.37. The third kappa shape index (κ3) is 3.98. The molecule has 0 N–H and O–H groups in total. The highest BCUT2D eigenvalue weighted by molar-refractivity contribution is 5.73. The molecule has 0 aliphatic rings. The van der Waals surface area contributed by atoms with E-state index in [-0.39, 0.29) is 12.4 Å². The summed E-state index contributed by atoms with van der Waals surface area (Å²) in [4.78, 5) is 12.1. The molecule has 130 valence electrons. The van der Waals surface area contributed by atoms with Gasteiger partial charge in [-0.1, -0.05) is 29.4 Å². The van der Waals surface area contributed by atoms with Crippen LogP contribution in [0.4, 0.5) is 0 Å². The van der Waals surface area contributed by atoms with Crippen molar-refractivity contribution in [2.45, 2.75) is 26.7 Å². The lowest BCUT2D eigenvalue weighted by Gasteiger charge is -2.06. The Balaban J connectivity index is 1.60. The molecule has 0 amide bonds. The monoisotopic (exact) mass is 346 g/mol. The van der Waals surface area contributed by atoms with Gasteiger partial charge in [-0.3, -0.25) is 4.79 Å². The van der Waals surface area contributed by atoms with E-state index in [1.807, 2.05) is 38.1 Å². The molecule has 2 aromatic carbocycles. The Kier molecular flexibility index (Phi) is 5.14. The smallest absolute Gasteiger partial charge is 0.311 e. The van der Waals surface area contributed by atoms with E-state index in [0.717, 1.165) is 28.1 Å². The Bertz CT molecular complexity index is 929. The summed E-state index contributed by atoms with van der Waals surface area (Å²) in [6.07, 6.45) is 0.809. The highest BCUT2D eigenvalue weighted by atomic mass is 16.5. The summed E-state index contributed by atoms with van der Waals surface area (Å²) in [7, 11) is 0. The quantitative estimate of drug-likeness (QED) is 0.506. The summed E-state index contributed by atoms with van der Waals surface area (Å²) in [5, 5.41) is 12.7. The van der Waals surface area contributed by atoms with Gasteiger partial charge in [0.25, 0.3) is 0 Å². The maximum atomic E-state index is 12.1. The average Bonchev–Trinajstić information content (AvgIpc) is 2.98. The molecule has 5 heteroatoms. The number of carbonyl (C=O) groups is 1. The van der Waals surface area contributed by atoms with Crippen LogP contribution in [-0.4, -0.2) is 11.1 Å². The molecule has 1 aromatic heterocycles. The fourth-order valence-corrected chi connectivity index (χ4v) is 2.72. The number of benzene rings is 2. The minimum atomic E-state index is -0.295. The van der Waals surface area contributed by atoms with Gasteiger partial charge in [-0.15, -0.1) is 0 Å². The molecule has 0 aliphatic heterocycles. The largest absolute Gasteiger partial charge is 0.427 e. The minimum Gasteiger partial charge on any atom is -0.427 e. The Hall–Kier alpha value is -3.39. The van der Waals surface area contributed by atoms with Crippen molar-refractivity contribution < 1.29 is 14.1 Å². The molecule has 26 heavy (non-hydrogen) atoms. The second kappa shape index (κ2) is 7.66. The third-order valence-electron chi connectivity index (χ3n) is 4.19. The van der Waals surface area contributed by atoms with E-state index >= 15 is 0 Å². The summed E-state index contributed by atoms with van der Waals surface area (Å²) in [5.41, 5.74) is 4.38. The number of ether oxygens (including phenoxy) is 1. The summed E-state index contributed by atoms with van der Waals surface area (Å²) in [5.74, 6) is 0.948. The minimum absolute atomic E-state index is 0.264. The van der Waals surface area contributed by atoms with E-state index in [1.165, 1.54) is 0 Å². The molecule has 3 rings (SSSR count). The lowest BCUT2D eigenvalue weighted by Crippen LogP contribution is -2.09. The molecule has 0 unspecified atom stereocenters. The standard InChI is InChI=1S/C21H18N2O3/c1-14-20(15(2)26-23-14)11-12-21(24)25-19-9-7-18(8-10-19)17-5-3-16(13-22)4-6-17/h3-10H,11-12H2,1-2H3. The number of aromatic nitrogens is 1. The van der Waals surface area contributed by atoms with Crippen LogP contribution in [0.2, 0.25) is 0 Å². The van der Waals surface area contributed by atoms with Crippen molar-refractivity contribution in [3.8, 4) is 22.9 Å². The molecule has 0 bridgehead atoms. The van der Waals surface area contributed by atoms with Crippen molar-refractivity contribution in [2.24, 2.45) is 0 Å². The van der Waals surface area contributed by atoms with Crippen LogP contribution in [0.15, 0.2) is 53.1 Å². The van der Waals surface area contributed by atoms with Crippen molar-refractivity contribution in [1.29, 1.82) is 5.26 Å². The molecule has 0 aliphatic carbocycles. The normalized spacial score (nSPS) is 10.3. The summed E-state index contributed by atoms with van der Waals surface area (Å²) in [6.45, 7) is 3.70. The zero-order valence-corrected chi connectivity index (χ0v) is 14.7. The summed E-state index contributed by atoms with van der Waals surface area (Å²) < 4.78 is 10.5. The lowest BCUT2D eigenvalue weighted by molar-refractivity contribution is -0.134. The van der Waals surface area contributed by atoms with Gasteiger partial charge in [-0.2, -0.15) is 5.26 Å². The Morgan fingerprint density at radius 3 is 2.23 bits per heavy atom. The molecule has 0 saturated carbocycles. The summed E-state index contributed by atoms with van der Waals surface area (Å²) >= 11 is 0. The molecule has 0 fully saturated rings. The first-order chi connectivity index (χ1) is 12.6. The van der Waals surface area contributed by atoms with Crippen LogP contribution in [0.3, 0.4) is 0 Å². The van der Waals surface area contributed by atoms with Crippen molar-refractivity contribution in [3.05, 3.63) is 71.1 Å². The van der Waals surface area contributed by atoms with Gasteiger partial charge in [0.05, 0.1) is 23.7 Å². The van der Waals surface area contributed by atoms with Gasteiger partial charge in [-0.25, -0.2) is 0 Å². The van der Waals surface area contributed by atoms with Crippen LogP contribution in [0.5, 0.6) is 5.75 Å². The first-order valence-electron chi connectivity index (χ1n) is 8.30. The number of hydrogen-bond donors (Lipinski definition) is 0. The van der Waals surface area contributed by atoms with Gasteiger partial charge in [0.15, 0.2) is 0 Å². The van der Waals surface area contributed by atoms with Crippen LogP contribution in [0.1, 0.15) is 29.0 Å². The molecule has 5 nitrogen and oxygen atoms in total. The van der Waals surface area contributed by atoms with Gasteiger partial charge in [0, 0.05) is 5.56 Å². The van der Waals surface area contributed by atoms with Gasteiger partial charge < -0.3 is 9.26 Å². The molecule has 3 aromatic rings. The van der Waals surface area contributed by atoms with Gasteiger partial charge in [0.1, 0.15) is 11.5 Å². The number of rotatable bonds is 5. The number of esters is 1. The number of nitrogens with zero attached hydrogens (tertiary/aromatic N) is 2. The molecule has 0 saturated heterocycles. The number of nitriles is 1. The van der Waals surface area contributed by atoms with E-state index in [1.54, 1.807) is 24.3 Å². The number of aryl methyl sites for hydroxylation is 2. The molecule has 0 radical (unpaired) electrons. The van der Waals surface area contributed by atoms with Gasteiger partial charge in [0.2, 0.25) is 0 Å². The van der Waals surface area contributed by atoms with Crippen LogP contribution in [0, 0.1) is 25.2 Å². The predicted molar refractivity (Wildman–Crippen MR) is 96.5 cm³/mol. The molecule has 1 heterocycles. The van der Waals surface area contributed by atoms with Gasteiger partial charge >= 0.3 is 5.97 Å². The Morgan fingerprint density at radius 1 is 1.08 bits per heavy atom. The first kappa shape index (κ1) is 17.4. The molecular weight excluding hydrogens is 328 g/mol. The van der Waals surface area contributed by atoms with Crippen molar-refractivity contribution in [2.75, 3.05) is 0 Å². The van der Waals surface area contributed by atoms with E-state index < -0.39 is 0 Å². The Morgan fingerprint density at radius 2 is 1.69 bits per heavy atom. The SMILES string of the molecule is Cc1noc(C)c1CCC(=O)Oc1ccc(-c2ccc(C#N)cc2)cc1. The molecular formula is C21H18N2O3. The van der Waals surface area contributed by atoms with Crippen molar-refractivity contribution in [3.63, 3.8) is 0 Å². The maximum absolute atomic E-state index is 12.1. The van der Waals surface area contributed by atoms with Crippen molar-refractivity contribution >= 4 is 5.97 Å². The van der Waals surface area contributed by atoms with E-state index in [4.69, 9.17) is 14.5 Å². The van der Waals surface area contributed by atoms with Gasteiger partial charge in [-0.05, 0) is 55.7 Å². The number of hydrogen-bond acceptors (Lipinski definition) is 5. The molecule has 0 spiro atoms. The Labute approximate surface area is 151 Å². The lowest BCUT2D eigenvalue weighted by atomic mass is 10.0. The van der Waals surface area contributed by atoms with E-state index in [0.29, 0.717) is 17.7 Å². The van der Waals surface area contributed by atoms with E-state index in [2.05, 4.69) is 11.2 Å². The van der Waals surface area contributed by atoms with Crippen LogP contribution < -0.4 is 4.74 Å². The summed E-state index contributed by atoms with van der Waals surface area (Å²) in [6, 6.07) is 16.7. The molecule has 0 atom stereocenters. The van der Waals surface area contributed by atoms with Crippen LogP contribution in [0.25, 0.3) is 11.1 Å². The highest BCUT2D eigenvalue weighted by Gasteiger charge is 2.12. The second-order valence-electron chi connectivity index (χ2n) is 5.99. The van der Waals surface area contributed by atoms with E-state index in [9.17, 15) is 4.79 Å². The zero-order chi connectivity index (χ0) is 18.5. The number of carbonyl (C=O) groups excluding carboxylic acids is 1. The van der Waals surface area contributed by atoms with Crippen LogP contribution >= 0.6 is 0 Å². The fraction of sp³-hybridized carbons (Fsp3) is 0.190. The maximum Gasteiger partial charge on any atom is 0.311 e. The van der Waals surface area contributed by atoms with Crippen LogP contribution in [-0.2, 0) is 11.2 Å². The first-order valence-corrected chi connectivity index (χ1v) is 8.30. The van der Waals surface area contributed by atoms with Crippen molar-refractivity contribution in [1.82, 2.24) is 5.16 Å². The zero-order valence-electron chi connectivity index (χ0n) is 14.7. The third-order valence-corrected chi connectivity index (χ3v) is 4.19. The highest BCUT2D eigenvalue weighted by Crippen LogP contribution is 2.23.